The van der Waals surface area contributed by atoms with Gasteiger partial charge in [-0.2, -0.15) is 31.0 Å². The van der Waals surface area contributed by atoms with Crippen LogP contribution in [0.5, 0.6) is 0 Å². The molecule has 0 saturated heterocycles. The van der Waals surface area contributed by atoms with Gasteiger partial charge in [0.25, 0.3) is 0 Å². The highest BCUT2D eigenvalue weighted by Crippen LogP contribution is 2.44. The minimum absolute atomic E-state index is 0.314. The Kier molecular flexibility index (Phi) is 7.52. The molecule has 0 aliphatic heterocycles. The maximum Gasteiger partial charge on any atom is 0.238 e. The summed E-state index contributed by atoms with van der Waals surface area (Å²) in [5.74, 6) is 1.23. The van der Waals surface area contributed by atoms with Crippen molar-refractivity contribution in [1.82, 2.24) is 19.5 Å². The number of nitrogens with zero attached hydrogens (tertiary/aromatic N) is 8. The first-order chi connectivity index (χ1) is 25.1. The van der Waals surface area contributed by atoms with Crippen LogP contribution in [-0.2, 0) is 0 Å². The molecule has 234 valence electrons. The molecule has 0 aliphatic carbocycles. The van der Waals surface area contributed by atoms with Crippen LogP contribution in [0.4, 0.5) is 0 Å². The molecule has 0 spiro atoms. The highest BCUT2D eigenvalue weighted by atomic mass is 15.2. The fraction of sp³-hybridized carbons (Fsp3) is 0. The maximum absolute atomic E-state index is 10.3. The van der Waals surface area contributed by atoms with Gasteiger partial charge in [0.2, 0.25) is 5.95 Å². The van der Waals surface area contributed by atoms with Crippen molar-refractivity contribution in [2.75, 3.05) is 0 Å². The first-order valence-corrected chi connectivity index (χ1v) is 16.0. The van der Waals surface area contributed by atoms with Gasteiger partial charge >= 0.3 is 0 Å². The number of hydrogen-bond donors (Lipinski definition) is 0. The molecule has 51 heavy (non-hydrogen) atoms. The second kappa shape index (κ2) is 12.6. The zero-order valence-corrected chi connectivity index (χ0v) is 26.8. The Morgan fingerprint density at radius 3 is 1.39 bits per heavy atom. The van der Waals surface area contributed by atoms with E-state index in [2.05, 4.69) is 24.3 Å². The van der Waals surface area contributed by atoms with Crippen molar-refractivity contribution in [3.63, 3.8) is 0 Å². The molecule has 2 heterocycles. The third kappa shape index (κ3) is 5.02. The standard InChI is InChI=1S/C43H22N8/c44-23-29-15-7-16-30(24-45)37(29)33-19-10-22-36-39(33)35-21-9-20-34(38-31(25-46)17-8-18-32(38)26-47)40(35)51(36)43-49-41(27-11-3-1-4-12-27)48-42(50-43)28-13-5-2-6-14-28/h1-22H. The van der Waals surface area contributed by atoms with Gasteiger partial charge in [-0.3, -0.25) is 4.57 Å². The fourth-order valence-corrected chi connectivity index (χ4v) is 6.69. The SMILES string of the molecule is N#Cc1cccc(C#N)c1-c1cccc2c1c1cccc(-c3c(C#N)cccc3C#N)c1n2-c1nc(-c2ccccc2)nc(-c2ccccc2)n1. The molecule has 0 fully saturated rings. The van der Waals surface area contributed by atoms with Gasteiger partial charge in [0.1, 0.15) is 0 Å². The van der Waals surface area contributed by atoms with Crippen molar-refractivity contribution in [3.05, 3.63) is 156 Å². The molecule has 0 N–H and O–H groups in total. The van der Waals surface area contributed by atoms with Crippen LogP contribution in [0.1, 0.15) is 22.3 Å². The Balaban J connectivity index is 1.59. The Labute approximate surface area is 292 Å². The molecule has 8 rings (SSSR count). The summed E-state index contributed by atoms with van der Waals surface area (Å²) in [6, 6.07) is 50.1. The summed E-state index contributed by atoms with van der Waals surface area (Å²) in [5.41, 5.74) is 6.63. The highest BCUT2D eigenvalue weighted by molar-refractivity contribution is 6.19. The van der Waals surface area contributed by atoms with E-state index < -0.39 is 0 Å². The van der Waals surface area contributed by atoms with E-state index >= 15 is 0 Å². The zero-order chi connectivity index (χ0) is 34.9. The Morgan fingerprint density at radius 2 is 0.882 bits per heavy atom. The van der Waals surface area contributed by atoms with Crippen LogP contribution in [-0.4, -0.2) is 19.5 Å². The summed E-state index contributed by atoms with van der Waals surface area (Å²) < 4.78 is 1.93. The zero-order valence-electron chi connectivity index (χ0n) is 26.8. The lowest BCUT2D eigenvalue weighted by Crippen LogP contribution is -2.07. The molecule has 0 radical (unpaired) electrons. The lowest BCUT2D eigenvalue weighted by atomic mass is 9.90. The summed E-state index contributed by atoms with van der Waals surface area (Å²) >= 11 is 0. The minimum atomic E-state index is 0.314. The van der Waals surface area contributed by atoms with E-state index in [1.54, 1.807) is 36.4 Å². The van der Waals surface area contributed by atoms with Crippen LogP contribution < -0.4 is 0 Å². The van der Waals surface area contributed by atoms with E-state index in [-0.39, 0.29) is 0 Å². The molecule has 0 aliphatic rings. The number of aromatic nitrogens is 4. The van der Waals surface area contributed by atoms with Crippen LogP contribution in [0.25, 0.3) is 72.8 Å². The van der Waals surface area contributed by atoms with E-state index in [9.17, 15) is 21.0 Å². The molecule has 0 atom stereocenters. The second-order valence-electron chi connectivity index (χ2n) is 11.7. The molecule has 0 saturated carbocycles. The van der Waals surface area contributed by atoms with E-state index in [4.69, 9.17) is 15.0 Å². The van der Waals surface area contributed by atoms with Crippen LogP contribution >= 0.6 is 0 Å². The van der Waals surface area contributed by atoms with E-state index in [1.165, 1.54) is 0 Å². The van der Waals surface area contributed by atoms with Crippen LogP contribution in [0.3, 0.4) is 0 Å². The van der Waals surface area contributed by atoms with Crippen molar-refractivity contribution in [3.8, 4) is 75.3 Å². The quantitative estimate of drug-likeness (QED) is 0.181. The number of benzene rings is 6. The fourth-order valence-electron chi connectivity index (χ4n) is 6.69. The second-order valence-corrected chi connectivity index (χ2v) is 11.7. The Hall–Kier alpha value is -7.91. The molecule has 0 bridgehead atoms. The minimum Gasteiger partial charge on any atom is -0.277 e. The van der Waals surface area contributed by atoms with Gasteiger partial charge < -0.3 is 0 Å². The first-order valence-electron chi connectivity index (χ1n) is 16.0. The Morgan fingerprint density at radius 1 is 0.431 bits per heavy atom. The summed E-state index contributed by atoms with van der Waals surface area (Å²) in [4.78, 5) is 15.0. The van der Waals surface area contributed by atoms with Crippen LogP contribution in [0.2, 0.25) is 0 Å². The number of fused-ring (bicyclic) bond motifs is 3. The molecule has 8 heteroatoms. The third-order valence-electron chi connectivity index (χ3n) is 8.85. The van der Waals surface area contributed by atoms with Gasteiger partial charge in [-0.05, 0) is 35.9 Å². The van der Waals surface area contributed by atoms with Gasteiger partial charge in [0.15, 0.2) is 11.6 Å². The molecule has 8 aromatic rings. The molecule has 2 aromatic heterocycles. The lowest BCUT2D eigenvalue weighted by Gasteiger charge is -2.14. The summed E-state index contributed by atoms with van der Waals surface area (Å²) in [6.45, 7) is 0. The van der Waals surface area contributed by atoms with Gasteiger partial charge in [-0.1, -0.05) is 103 Å². The number of para-hydroxylation sites is 1. The summed E-state index contributed by atoms with van der Waals surface area (Å²) in [6.07, 6.45) is 0. The van der Waals surface area contributed by atoms with Crippen molar-refractivity contribution >= 4 is 21.8 Å². The number of hydrogen-bond acceptors (Lipinski definition) is 7. The number of nitriles is 4. The van der Waals surface area contributed by atoms with E-state index in [0.29, 0.717) is 73.1 Å². The van der Waals surface area contributed by atoms with E-state index in [0.717, 1.165) is 21.9 Å². The maximum atomic E-state index is 10.3. The van der Waals surface area contributed by atoms with Crippen molar-refractivity contribution in [1.29, 1.82) is 21.0 Å². The topological polar surface area (TPSA) is 139 Å². The molecule has 0 amide bonds. The molecule has 0 unspecified atom stereocenters. The normalized spacial score (nSPS) is 10.7. The molecule has 6 aromatic carbocycles. The number of rotatable bonds is 5. The van der Waals surface area contributed by atoms with Gasteiger partial charge in [-0.25, -0.2) is 4.98 Å². The van der Waals surface area contributed by atoms with Crippen molar-refractivity contribution < 1.29 is 0 Å². The monoisotopic (exact) mass is 650 g/mol. The van der Waals surface area contributed by atoms with Crippen LogP contribution in [0, 0.1) is 45.3 Å². The smallest absolute Gasteiger partial charge is 0.238 e. The largest absolute Gasteiger partial charge is 0.277 e. The predicted molar refractivity (Wildman–Crippen MR) is 195 cm³/mol. The lowest BCUT2D eigenvalue weighted by molar-refractivity contribution is 0.954. The predicted octanol–water partition coefficient (Wildman–Crippen LogP) is 9.12. The van der Waals surface area contributed by atoms with Crippen molar-refractivity contribution in [2.24, 2.45) is 0 Å². The average molecular weight is 651 g/mol. The van der Waals surface area contributed by atoms with E-state index in [1.807, 2.05) is 102 Å². The molecule has 8 nitrogen and oxygen atoms in total. The molecular formula is C43H22N8. The first kappa shape index (κ1) is 30.4. The molecular weight excluding hydrogens is 629 g/mol. The Bertz CT molecular complexity index is 2720. The summed E-state index contributed by atoms with van der Waals surface area (Å²) in [7, 11) is 0. The van der Waals surface area contributed by atoms with Gasteiger partial charge in [0, 0.05) is 38.6 Å². The van der Waals surface area contributed by atoms with Gasteiger partial charge in [-0.15, -0.1) is 0 Å². The van der Waals surface area contributed by atoms with Crippen LogP contribution in [0.15, 0.2) is 133 Å². The third-order valence-corrected chi connectivity index (χ3v) is 8.85. The van der Waals surface area contributed by atoms with Crippen molar-refractivity contribution in [2.45, 2.75) is 0 Å². The highest BCUT2D eigenvalue weighted by Gasteiger charge is 2.25. The summed E-state index contributed by atoms with van der Waals surface area (Å²) in [5, 5.41) is 42.5. The van der Waals surface area contributed by atoms with Gasteiger partial charge in [0.05, 0.1) is 57.6 Å². The average Bonchev–Trinajstić information content (AvgIpc) is 3.55.